The number of carbonyl (C=O) groups excluding carboxylic acids is 1. The van der Waals surface area contributed by atoms with Gasteiger partial charge in [-0.05, 0) is 12.1 Å². The Balaban J connectivity index is 2.89. The first-order valence-corrected chi connectivity index (χ1v) is 3.64. The van der Waals surface area contributed by atoms with Crippen LogP contribution in [0, 0.1) is 0 Å². The Morgan fingerprint density at radius 1 is 1.23 bits per heavy atom. The van der Waals surface area contributed by atoms with Crippen molar-refractivity contribution in [3.05, 3.63) is 29.8 Å². The molecule has 0 heterocycles. The van der Waals surface area contributed by atoms with E-state index in [4.69, 9.17) is 5.11 Å². The van der Waals surface area contributed by atoms with E-state index in [0.29, 0.717) is 0 Å². The molecule has 0 saturated carbocycles. The first kappa shape index (κ1) is 9.25. The number of hydrogen-bond donors (Lipinski definition) is 2. The van der Waals surface area contributed by atoms with Gasteiger partial charge in [0.15, 0.2) is 5.78 Å². The van der Waals surface area contributed by atoms with Crippen LogP contribution in [0.5, 0.6) is 5.75 Å². The number of benzene rings is 1. The average molecular weight is 180 g/mol. The van der Waals surface area contributed by atoms with E-state index in [9.17, 15) is 14.7 Å². The first-order valence-electron chi connectivity index (χ1n) is 3.64. The summed E-state index contributed by atoms with van der Waals surface area (Å²) in [4.78, 5) is 21.3. The largest absolute Gasteiger partial charge is 0.507 e. The highest BCUT2D eigenvalue weighted by Crippen LogP contribution is 2.17. The highest BCUT2D eigenvalue weighted by atomic mass is 16.4. The minimum Gasteiger partial charge on any atom is -0.507 e. The molecule has 1 rings (SSSR count). The van der Waals surface area contributed by atoms with Gasteiger partial charge in [-0.2, -0.15) is 0 Å². The summed E-state index contributed by atoms with van der Waals surface area (Å²) >= 11 is 0. The molecule has 2 N–H and O–H groups in total. The molecule has 0 bridgehead atoms. The van der Waals surface area contributed by atoms with Gasteiger partial charge in [0.1, 0.15) is 12.2 Å². The lowest BCUT2D eigenvalue weighted by Crippen LogP contribution is -2.06. The van der Waals surface area contributed by atoms with Crippen LogP contribution in [-0.4, -0.2) is 22.0 Å². The maximum absolute atomic E-state index is 11.1. The molecule has 0 unspecified atom stereocenters. The first-order chi connectivity index (χ1) is 6.11. The zero-order valence-electron chi connectivity index (χ0n) is 6.73. The van der Waals surface area contributed by atoms with Crippen LogP contribution in [0.15, 0.2) is 24.3 Å². The second-order valence-corrected chi connectivity index (χ2v) is 2.51. The summed E-state index contributed by atoms with van der Waals surface area (Å²) in [6.45, 7) is 0. The molecule has 0 aliphatic rings. The molecule has 0 fully saturated rings. The molecular formula is C9H8O4. The fourth-order valence-corrected chi connectivity index (χ4v) is 0.942. The van der Waals surface area contributed by atoms with E-state index in [-0.39, 0.29) is 11.3 Å². The predicted octanol–water partition coefficient (Wildman–Crippen LogP) is 1.05. The lowest BCUT2D eigenvalue weighted by Gasteiger charge is -1.99. The summed E-state index contributed by atoms with van der Waals surface area (Å²) < 4.78 is 0. The molecule has 68 valence electrons. The Bertz CT molecular complexity index is 343. The molecule has 1 aromatic carbocycles. The van der Waals surface area contributed by atoms with Crippen LogP contribution in [0.3, 0.4) is 0 Å². The van der Waals surface area contributed by atoms with E-state index in [2.05, 4.69) is 0 Å². The summed E-state index contributed by atoms with van der Waals surface area (Å²) in [5, 5.41) is 17.5. The molecule has 0 radical (unpaired) electrons. The van der Waals surface area contributed by atoms with Crippen LogP contribution in [0.4, 0.5) is 0 Å². The van der Waals surface area contributed by atoms with Gasteiger partial charge in [-0.25, -0.2) is 0 Å². The minimum absolute atomic E-state index is 0.0462. The van der Waals surface area contributed by atoms with E-state index < -0.39 is 18.2 Å². The minimum atomic E-state index is -1.20. The van der Waals surface area contributed by atoms with Crippen molar-refractivity contribution in [2.75, 3.05) is 0 Å². The number of carbonyl (C=O) groups is 2. The van der Waals surface area contributed by atoms with E-state index in [0.717, 1.165) is 0 Å². The van der Waals surface area contributed by atoms with Crippen molar-refractivity contribution in [3.63, 3.8) is 0 Å². The van der Waals surface area contributed by atoms with Crippen LogP contribution in [-0.2, 0) is 4.79 Å². The highest BCUT2D eigenvalue weighted by molar-refractivity contribution is 6.06. The smallest absolute Gasteiger partial charge is 0.311 e. The third-order valence-electron chi connectivity index (χ3n) is 1.52. The Labute approximate surface area is 74.4 Å². The van der Waals surface area contributed by atoms with E-state index in [1.54, 1.807) is 12.1 Å². The van der Waals surface area contributed by atoms with Crippen LogP contribution >= 0.6 is 0 Å². The number of aliphatic carboxylic acids is 1. The fraction of sp³-hybridized carbons (Fsp3) is 0.111. The van der Waals surface area contributed by atoms with Crippen molar-refractivity contribution in [1.29, 1.82) is 0 Å². The maximum Gasteiger partial charge on any atom is 0.311 e. The lowest BCUT2D eigenvalue weighted by molar-refractivity contribution is -0.135. The number of phenols is 1. The number of Topliss-reactive ketones (excluding diaryl/α,β-unsaturated/α-hetero) is 1. The SMILES string of the molecule is O=C(O)CC(=O)c1ccccc1O. The van der Waals surface area contributed by atoms with Gasteiger partial charge in [0.25, 0.3) is 0 Å². The monoisotopic (exact) mass is 180 g/mol. The maximum atomic E-state index is 11.1. The van der Waals surface area contributed by atoms with Gasteiger partial charge >= 0.3 is 5.97 Å². The number of aromatic hydroxyl groups is 1. The summed E-state index contributed by atoms with van der Waals surface area (Å²) in [7, 11) is 0. The molecule has 13 heavy (non-hydrogen) atoms. The number of phenolic OH excluding ortho intramolecular Hbond substituents is 1. The summed E-state index contributed by atoms with van der Waals surface area (Å²) in [6, 6.07) is 5.86. The van der Waals surface area contributed by atoms with Gasteiger partial charge in [-0.15, -0.1) is 0 Å². The Hall–Kier alpha value is -1.84. The van der Waals surface area contributed by atoms with Gasteiger partial charge in [0.05, 0.1) is 5.56 Å². The number of rotatable bonds is 3. The number of carboxylic acid groups (broad SMARTS) is 1. The molecule has 0 amide bonds. The Morgan fingerprint density at radius 2 is 1.85 bits per heavy atom. The van der Waals surface area contributed by atoms with E-state index in [1.165, 1.54) is 12.1 Å². The Kier molecular flexibility index (Phi) is 2.64. The van der Waals surface area contributed by atoms with Crippen LogP contribution in [0.2, 0.25) is 0 Å². The van der Waals surface area contributed by atoms with Crippen molar-refractivity contribution >= 4 is 11.8 Å². The van der Waals surface area contributed by atoms with Gasteiger partial charge < -0.3 is 10.2 Å². The standard InChI is InChI=1S/C9H8O4/c10-7-4-2-1-3-6(7)8(11)5-9(12)13/h1-4,10H,5H2,(H,12,13). The fourth-order valence-electron chi connectivity index (χ4n) is 0.942. The number of carboxylic acids is 1. The summed E-state index contributed by atoms with van der Waals surface area (Å²) in [5.74, 6) is -1.98. The molecule has 0 aromatic heterocycles. The van der Waals surface area contributed by atoms with Crippen LogP contribution in [0.25, 0.3) is 0 Å². The third kappa shape index (κ3) is 2.30. The van der Waals surface area contributed by atoms with Crippen molar-refractivity contribution < 1.29 is 19.8 Å². The highest BCUT2D eigenvalue weighted by Gasteiger charge is 2.13. The van der Waals surface area contributed by atoms with Crippen molar-refractivity contribution in [2.45, 2.75) is 6.42 Å². The van der Waals surface area contributed by atoms with E-state index in [1.807, 2.05) is 0 Å². The van der Waals surface area contributed by atoms with Crippen molar-refractivity contribution in [1.82, 2.24) is 0 Å². The molecule has 4 heteroatoms. The third-order valence-corrected chi connectivity index (χ3v) is 1.52. The average Bonchev–Trinajstić information content (AvgIpc) is 2.03. The van der Waals surface area contributed by atoms with Gasteiger partial charge in [0, 0.05) is 0 Å². The second kappa shape index (κ2) is 3.71. The number of hydrogen-bond acceptors (Lipinski definition) is 3. The molecule has 0 spiro atoms. The molecule has 0 saturated heterocycles. The van der Waals surface area contributed by atoms with Gasteiger partial charge in [-0.3, -0.25) is 9.59 Å². The van der Waals surface area contributed by atoms with E-state index >= 15 is 0 Å². The Morgan fingerprint density at radius 3 is 2.38 bits per heavy atom. The number of ketones is 1. The second-order valence-electron chi connectivity index (χ2n) is 2.51. The molecule has 0 aliphatic carbocycles. The van der Waals surface area contributed by atoms with Gasteiger partial charge in [0.2, 0.25) is 0 Å². The van der Waals surface area contributed by atoms with Crippen LogP contribution in [0.1, 0.15) is 16.8 Å². The zero-order valence-corrected chi connectivity index (χ0v) is 6.73. The van der Waals surface area contributed by atoms with Gasteiger partial charge in [-0.1, -0.05) is 12.1 Å². The quantitative estimate of drug-likeness (QED) is 0.538. The zero-order chi connectivity index (χ0) is 9.84. The summed E-state index contributed by atoms with van der Waals surface area (Å²) in [5.41, 5.74) is 0.0462. The molecule has 4 nitrogen and oxygen atoms in total. The van der Waals surface area contributed by atoms with Crippen molar-refractivity contribution in [3.8, 4) is 5.75 Å². The normalized spacial score (nSPS) is 9.54. The molecular weight excluding hydrogens is 172 g/mol. The molecule has 0 aliphatic heterocycles. The number of para-hydroxylation sites is 1. The molecule has 1 aromatic rings. The molecule has 0 atom stereocenters. The van der Waals surface area contributed by atoms with Crippen LogP contribution < -0.4 is 0 Å². The topological polar surface area (TPSA) is 74.6 Å². The summed E-state index contributed by atoms with van der Waals surface area (Å²) in [6.07, 6.45) is -0.600. The lowest BCUT2D eigenvalue weighted by atomic mass is 10.1. The van der Waals surface area contributed by atoms with Crippen molar-refractivity contribution in [2.24, 2.45) is 0 Å². The predicted molar refractivity (Wildman–Crippen MR) is 44.7 cm³/mol.